The minimum atomic E-state index is -1.75. The summed E-state index contributed by atoms with van der Waals surface area (Å²) in [5.41, 5.74) is -2.05. The molecular formula is C30H34ClF2N5O3S2. The number of hydrogen-bond acceptors (Lipinski definition) is 8. The number of amides is 1. The van der Waals surface area contributed by atoms with Gasteiger partial charge in [-0.2, -0.15) is 0 Å². The number of carboxylic acids is 1. The number of hydrogen-bond donors (Lipinski definition) is 3. The van der Waals surface area contributed by atoms with Gasteiger partial charge in [-0.3, -0.25) is 19.8 Å². The summed E-state index contributed by atoms with van der Waals surface area (Å²) in [6, 6.07) is 4.51. The van der Waals surface area contributed by atoms with Gasteiger partial charge in [0.25, 0.3) is 5.91 Å². The number of thiophene rings is 1. The molecule has 3 aromatic rings. The molecule has 6 rings (SSSR count). The molecule has 8 nitrogen and oxygen atoms in total. The van der Waals surface area contributed by atoms with Gasteiger partial charge in [0.05, 0.1) is 15.5 Å². The Morgan fingerprint density at radius 3 is 2.47 bits per heavy atom. The maximum Gasteiger partial charge on any atom is 0.314 e. The molecule has 0 bridgehead atoms. The summed E-state index contributed by atoms with van der Waals surface area (Å²) in [5.74, 6) is -4.25. The molecule has 3 fully saturated rings. The van der Waals surface area contributed by atoms with Crippen molar-refractivity contribution in [2.45, 2.75) is 56.4 Å². The maximum atomic E-state index is 15.9. The first-order chi connectivity index (χ1) is 20.8. The molecule has 1 amide bonds. The SMILES string of the molecule is O=C(Nc1nc(-c2cc(Cl)cs2)c(N2CCN(C3CCCCC3)CC2)s1)c1ccc(F)c(C2(C(=O)O)CCNCC2)c1F. The first kappa shape index (κ1) is 30.4. The minimum Gasteiger partial charge on any atom is -0.481 e. The van der Waals surface area contributed by atoms with Crippen molar-refractivity contribution >= 4 is 56.3 Å². The third kappa shape index (κ3) is 6.04. The van der Waals surface area contributed by atoms with Gasteiger partial charge in [0.1, 0.15) is 27.7 Å². The Balaban J connectivity index is 1.27. The molecule has 13 heteroatoms. The van der Waals surface area contributed by atoms with Gasteiger partial charge in [0, 0.05) is 43.2 Å². The second-order valence-electron chi connectivity index (χ2n) is 11.5. The molecule has 1 aromatic carbocycles. The van der Waals surface area contributed by atoms with Crippen LogP contribution < -0.4 is 15.5 Å². The predicted molar refractivity (Wildman–Crippen MR) is 167 cm³/mol. The number of carbonyl (C=O) groups excluding carboxylic acids is 1. The Morgan fingerprint density at radius 1 is 1.09 bits per heavy atom. The van der Waals surface area contributed by atoms with Crippen molar-refractivity contribution in [3.05, 3.63) is 51.4 Å². The zero-order valence-electron chi connectivity index (χ0n) is 23.6. The van der Waals surface area contributed by atoms with Gasteiger partial charge < -0.3 is 15.3 Å². The third-order valence-corrected chi connectivity index (χ3v) is 11.3. The van der Waals surface area contributed by atoms with Crippen LogP contribution in [0.25, 0.3) is 10.6 Å². The van der Waals surface area contributed by atoms with E-state index in [1.54, 1.807) is 0 Å². The standard InChI is InChI=1S/C30H34ClF2N5O3S2/c31-18-16-22(42-17-18)25-27(38-14-12-37(13-15-38)19-4-2-1-3-5-19)43-29(35-25)36-26(39)20-6-7-21(32)23(24(20)33)30(28(40)41)8-10-34-11-9-30/h6-7,16-17,19,34H,1-5,8-15H2,(H,40,41)(H,35,36,39). The lowest BCUT2D eigenvalue weighted by molar-refractivity contribution is -0.145. The van der Waals surface area contributed by atoms with Gasteiger partial charge in [-0.15, -0.1) is 11.3 Å². The topological polar surface area (TPSA) is 97.8 Å². The predicted octanol–water partition coefficient (Wildman–Crippen LogP) is 6.22. The highest BCUT2D eigenvalue weighted by atomic mass is 35.5. The lowest BCUT2D eigenvalue weighted by atomic mass is 9.72. The van der Waals surface area contributed by atoms with E-state index in [0.717, 1.165) is 48.2 Å². The molecule has 0 radical (unpaired) electrons. The molecule has 0 spiro atoms. The van der Waals surface area contributed by atoms with E-state index < -0.39 is 40.1 Å². The summed E-state index contributed by atoms with van der Waals surface area (Å²) in [6.07, 6.45) is 6.42. The third-order valence-electron chi connectivity index (χ3n) is 9.00. The molecule has 4 heterocycles. The van der Waals surface area contributed by atoms with E-state index in [1.165, 1.54) is 54.8 Å². The van der Waals surface area contributed by atoms with Gasteiger partial charge in [0.2, 0.25) is 0 Å². The first-order valence-electron chi connectivity index (χ1n) is 14.7. The Kier molecular flexibility index (Phi) is 9.02. The van der Waals surface area contributed by atoms with E-state index >= 15 is 8.78 Å². The molecule has 3 aliphatic rings. The first-order valence-corrected chi connectivity index (χ1v) is 16.8. The maximum absolute atomic E-state index is 15.9. The van der Waals surface area contributed by atoms with Crippen molar-refractivity contribution in [3.63, 3.8) is 0 Å². The minimum absolute atomic E-state index is 0.0117. The number of piperazine rings is 1. The molecule has 0 unspecified atom stereocenters. The highest BCUT2D eigenvalue weighted by Crippen LogP contribution is 2.43. The summed E-state index contributed by atoms with van der Waals surface area (Å²) >= 11 is 9.01. The van der Waals surface area contributed by atoms with Crippen LogP contribution in [0.1, 0.15) is 60.9 Å². The van der Waals surface area contributed by atoms with E-state index in [1.807, 2.05) is 11.4 Å². The molecule has 43 heavy (non-hydrogen) atoms. The monoisotopic (exact) mass is 649 g/mol. The van der Waals surface area contributed by atoms with E-state index in [4.69, 9.17) is 16.6 Å². The fourth-order valence-electron chi connectivity index (χ4n) is 6.67. The molecule has 2 aromatic heterocycles. The van der Waals surface area contributed by atoms with Crippen LogP contribution in [-0.4, -0.2) is 72.2 Å². The van der Waals surface area contributed by atoms with Crippen molar-refractivity contribution in [3.8, 4) is 10.6 Å². The van der Waals surface area contributed by atoms with Gasteiger partial charge in [-0.05, 0) is 57.0 Å². The number of carbonyl (C=O) groups is 2. The van der Waals surface area contributed by atoms with Gasteiger partial charge in [-0.1, -0.05) is 42.2 Å². The summed E-state index contributed by atoms with van der Waals surface area (Å²) in [5, 5.41) is 19.4. The van der Waals surface area contributed by atoms with Crippen LogP contribution in [0.15, 0.2) is 23.6 Å². The quantitative estimate of drug-likeness (QED) is 0.280. The van der Waals surface area contributed by atoms with Crippen LogP contribution in [0.5, 0.6) is 0 Å². The lowest BCUT2D eigenvalue weighted by Crippen LogP contribution is -2.50. The summed E-state index contributed by atoms with van der Waals surface area (Å²) in [4.78, 5) is 36.2. The molecule has 230 valence electrons. The number of halogens is 3. The number of thiazole rings is 1. The number of nitrogens with one attached hydrogen (secondary N) is 2. The Morgan fingerprint density at radius 2 is 1.81 bits per heavy atom. The largest absolute Gasteiger partial charge is 0.481 e. The number of anilines is 2. The second-order valence-corrected chi connectivity index (χ2v) is 13.8. The zero-order valence-corrected chi connectivity index (χ0v) is 26.0. The van der Waals surface area contributed by atoms with Crippen LogP contribution in [-0.2, 0) is 10.2 Å². The smallest absolute Gasteiger partial charge is 0.314 e. The Bertz CT molecular complexity index is 1490. The number of nitrogens with zero attached hydrogens (tertiary/aromatic N) is 3. The van der Waals surface area contributed by atoms with Crippen LogP contribution in [0.2, 0.25) is 5.02 Å². The Hall–Kier alpha value is -2.64. The molecule has 1 aliphatic carbocycles. The van der Waals surface area contributed by atoms with Crippen LogP contribution in [0.4, 0.5) is 18.9 Å². The molecule has 2 saturated heterocycles. The van der Waals surface area contributed by atoms with Crippen molar-refractivity contribution < 1.29 is 23.5 Å². The fourth-order valence-corrected chi connectivity index (χ4v) is 8.83. The van der Waals surface area contributed by atoms with Crippen molar-refractivity contribution in [1.29, 1.82) is 0 Å². The molecule has 3 N–H and O–H groups in total. The van der Waals surface area contributed by atoms with Crippen LogP contribution >= 0.6 is 34.3 Å². The zero-order chi connectivity index (χ0) is 30.1. The molecule has 0 atom stereocenters. The number of rotatable bonds is 7. The highest BCUT2D eigenvalue weighted by Gasteiger charge is 2.46. The van der Waals surface area contributed by atoms with Crippen LogP contribution in [0.3, 0.4) is 0 Å². The van der Waals surface area contributed by atoms with Gasteiger partial charge in [-0.25, -0.2) is 13.8 Å². The van der Waals surface area contributed by atoms with Crippen molar-refractivity contribution in [2.24, 2.45) is 0 Å². The summed E-state index contributed by atoms with van der Waals surface area (Å²) in [6.45, 7) is 4.13. The average molecular weight is 650 g/mol. The van der Waals surface area contributed by atoms with Crippen molar-refractivity contribution in [2.75, 3.05) is 49.5 Å². The number of benzene rings is 1. The molecular weight excluding hydrogens is 616 g/mol. The second kappa shape index (κ2) is 12.8. The van der Waals surface area contributed by atoms with E-state index in [2.05, 4.69) is 20.4 Å². The summed E-state index contributed by atoms with van der Waals surface area (Å²) < 4.78 is 30.9. The van der Waals surface area contributed by atoms with E-state index in [-0.39, 0.29) is 18.0 Å². The van der Waals surface area contributed by atoms with E-state index in [0.29, 0.717) is 29.8 Å². The number of piperidine rings is 1. The number of aliphatic carboxylic acids is 1. The van der Waals surface area contributed by atoms with Crippen molar-refractivity contribution in [1.82, 2.24) is 15.2 Å². The van der Waals surface area contributed by atoms with Gasteiger partial charge >= 0.3 is 5.97 Å². The van der Waals surface area contributed by atoms with Gasteiger partial charge in [0.15, 0.2) is 5.13 Å². The summed E-state index contributed by atoms with van der Waals surface area (Å²) in [7, 11) is 0. The Labute approximate surface area is 262 Å². The number of carboxylic acid groups (broad SMARTS) is 1. The number of aromatic nitrogens is 1. The average Bonchev–Trinajstić information content (AvgIpc) is 3.64. The highest BCUT2D eigenvalue weighted by molar-refractivity contribution is 7.21. The lowest BCUT2D eigenvalue weighted by Gasteiger charge is -2.41. The normalized spacial score (nSPS) is 19.8. The van der Waals surface area contributed by atoms with E-state index in [9.17, 15) is 14.7 Å². The fraction of sp³-hybridized carbons (Fsp3) is 0.500. The molecule has 2 aliphatic heterocycles. The molecule has 1 saturated carbocycles. The van der Waals surface area contributed by atoms with Crippen LogP contribution in [0, 0.1) is 11.6 Å².